The van der Waals surface area contributed by atoms with Crippen LogP contribution in [0.3, 0.4) is 0 Å². The third-order valence-electron chi connectivity index (χ3n) is 4.78. The lowest BCUT2D eigenvalue weighted by Gasteiger charge is -2.36. The maximum absolute atomic E-state index is 12.9. The van der Waals surface area contributed by atoms with Crippen LogP contribution in [-0.2, 0) is 21.4 Å². The van der Waals surface area contributed by atoms with Crippen molar-refractivity contribution < 1.29 is 17.7 Å². The lowest BCUT2D eigenvalue weighted by atomic mass is 10.2. The van der Waals surface area contributed by atoms with Gasteiger partial charge in [0.05, 0.1) is 12.6 Å². The fourth-order valence-electron chi connectivity index (χ4n) is 3.20. The van der Waals surface area contributed by atoms with Crippen LogP contribution in [0.5, 0.6) is 0 Å². The van der Waals surface area contributed by atoms with Crippen LogP contribution >= 0.6 is 11.3 Å². The van der Waals surface area contributed by atoms with Gasteiger partial charge in [-0.1, -0.05) is 11.2 Å². The molecule has 0 bridgehead atoms. The number of nitrogens with one attached hydrogen (secondary N) is 1. The van der Waals surface area contributed by atoms with Crippen molar-refractivity contribution in [3.05, 3.63) is 33.8 Å². The topological polar surface area (TPSA) is 95.8 Å². The predicted octanol–water partition coefficient (Wildman–Crippen LogP) is 1.36. The number of piperazine rings is 1. The van der Waals surface area contributed by atoms with E-state index in [1.807, 2.05) is 29.3 Å². The Kier molecular flexibility index (Phi) is 5.99. The SMILES string of the molecule is Cc1noc(C)c1S(=O)(=O)N1CCN(C(C)C(=O)NCc2cccs2)CC1. The van der Waals surface area contributed by atoms with Crippen molar-refractivity contribution in [2.75, 3.05) is 26.2 Å². The van der Waals surface area contributed by atoms with Gasteiger partial charge in [0, 0.05) is 31.1 Å². The molecule has 2 aromatic rings. The van der Waals surface area contributed by atoms with Gasteiger partial charge in [0.1, 0.15) is 10.6 Å². The number of carbonyl (C=O) groups is 1. The number of aromatic nitrogens is 1. The smallest absolute Gasteiger partial charge is 0.248 e. The average molecular weight is 413 g/mol. The molecule has 148 valence electrons. The second kappa shape index (κ2) is 8.09. The first-order valence-corrected chi connectivity index (χ1v) is 11.1. The number of rotatable bonds is 6. The van der Waals surface area contributed by atoms with Crippen LogP contribution in [0.2, 0.25) is 0 Å². The Hall–Kier alpha value is -1.75. The quantitative estimate of drug-likeness (QED) is 0.770. The van der Waals surface area contributed by atoms with Crippen molar-refractivity contribution in [1.82, 2.24) is 19.7 Å². The number of hydrogen-bond donors (Lipinski definition) is 1. The fraction of sp³-hybridized carbons (Fsp3) is 0.529. The van der Waals surface area contributed by atoms with Gasteiger partial charge in [-0.25, -0.2) is 8.42 Å². The van der Waals surface area contributed by atoms with Gasteiger partial charge >= 0.3 is 0 Å². The van der Waals surface area contributed by atoms with Crippen molar-refractivity contribution in [1.29, 1.82) is 0 Å². The van der Waals surface area contributed by atoms with Crippen LogP contribution < -0.4 is 5.32 Å². The Morgan fingerprint density at radius 3 is 2.59 bits per heavy atom. The largest absolute Gasteiger partial charge is 0.360 e. The van der Waals surface area contributed by atoms with E-state index < -0.39 is 10.0 Å². The van der Waals surface area contributed by atoms with Crippen molar-refractivity contribution in [3.63, 3.8) is 0 Å². The van der Waals surface area contributed by atoms with E-state index in [0.29, 0.717) is 44.2 Å². The highest BCUT2D eigenvalue weighted by Gasteiger charge is 2.35. The van der Waals surface area contributed by atoms with E-state index in [-0.39, 0.29) is 16.8 Å². The van der Waals surface area contributed by atoms with Gasteiger partial charge in [-0.3, -0.25) is 9.69 Å². The molecule has 0 saturated carbocycles. The summed E-state index contributed by atoms with van der Waals surface area (Å²) in [7, 11) is -3.64. The van der Waals surface area contributed by atoms with Crippen molar-refractivity contribution in [2.45, 2.75) is 38.3 Å². The Morgan fingerprint density at radius 2 is 2.04 bits per heavy atom. The predicted molar refractivity (Wildman–Crippen MR) is 102 cm³/mol. The number of amides is 1. The summed E-state index contributed by atoms with van der Waals surface area (Å²) in [6.45, 7) is 7.24. The standard InChI is InChI=1S/C17H24N4O4S2/c1-12-16(14(3)25-19-12)27(23,24)21-8-6-20(7-9-21)13(2)17(22)18-11-15-5-4-10-26-15/h4-5,10,13H,6-9,11H2,1-3H3,(H,18,22). The third-order valence-corrected chi connectivity index (χ3v) is 7.80. The third kappa shape index (κ3) is 4.23. The summed E-state index contributed by atoms with van der Waals surface area (Å²) in [5.41, 5.74) is 0.372. The molecule has 1 aliphatic heterocycles. The Morgan fingerprint density at radius 1 is 1.33 bits per heavy atom. The summed E-state index contributed by atoms with van der Waals surface area (Å²) in [6.07, 6.45) is 0. The molecule has 1 fully saturated rings. The Balaban J connectivity index is 1.57. The molecule has 0 aliphatic carbocycles. The molecule has 2 aromatic heterocycles. The summed E-state index contributed by atoms with van der Waals surface area (Å²) in [5.74, 6) is 0.252. The van der Waals surface area contributed by atoms with E-state index in [4.69, 9.17) is 4.52 Å². The summed E-state index contributed by atoms with van der Waals surface area (Å²) in [5, 5.41) is 8.66. The van der Waals surface area contributed by atoms with Gasteiger partial charge in [-0.05, 0) is 32.2 Å². The second-order valence-corrected chi connectivity index (χ2v) is 9.47. The average Bonchev–Trinajstić information content (AvgIpc) is 3.29. The van der Waals surface area contributed by atoms with Gasteiger partial charge in [0.25, 0.3) is 0 Å². The molecule has 27 heavy (non-hydrogen) atoms. The maximum Gasteiger partial charge on any atom is 0.248 e. The Bertz CT molecular complexity index is 865. The van der Waals surface area contributed by atoms with E-state index in [1.165, 1.54) is 4.31 Å². The zero-order valence-electron chi connectivity index (χ0n) is 15.6. The van der Waals surface area contributed by atoms with E-state index in [1.54, 1.807) is 25.2 Å². The van der Waals surface area contributed by atoms with E-state index in [9.17, 15) is 13.2 Å². The molecule has 1 atom stereocenters. The number of sulfonamides is 1. The number of carbonyl (C=O) groups excluding carboxylic acids is 1. The molecule has 3 rings (SSSR count). The first-order chi connectivity index (χ1) is 12.8. The highest BCUT2D eigenvalue weighted by molar-refractivity contribution is 7.89. The van der Waals surface area contributed by atoms with Gasteiger partial charge in [-0.15, -0.1) is 11.3 Å². The van der Waals surface area contributed by atoms with Gasteiger partial charge in [0.15, 0.2) is 5.76 Å². The molecular weight excluding hydrogens is 388 g/mol. The minimum absolute atomic E-state index is 0.0505. The fourth-order valence-corrected chi connectivity index (χ4v) is 5.56. The number of aryl methyl sites for hydroxylation is 2. The molecule has 1 amide bonds. The van der Waals surface area contributed by atoms with Crippen LogP contribution in [-0.4, -0.2) is 60.9 Å². The van der Waals surface area contributed by atoms with Crippen LogP contribution in [0.25, 0.3) is 0 Å². The van der Waals surface area contributed by atoms with Crippen molar-refractivity contribution in [2.24, 2.45) is 0 Å². The number of nitrogens with zero attached hydrogens (tertiary/aromatic N) is 3. The summed E-state index contributed by atoms with van der Waals surface area (Å²) >= 11 is 1.60. The number of hydrogen-bond acceptors (Lipinski definition) is 7. The van der Waals surface area contributed by atoms with Crippen LogP contribution in [0, 0.1) is 13.8 Å². The summed E-state index contributed by atoms with van der Waals surface area (Å²) < 4.78 is 32.2. The molecule has 0 aromatic carbocycles. The molecule has 1 unspecified atom stereocenters. The molecule has 8 nitrogen and oxygen atoms in total. The van der Waals surface area contributed by atoms with E-state index >= 15 is 0 Å². The van der Waals surface area contributed by atoms with E-state index in [2.05, 4.69) is 10.5 Å². The minimum Gasteiger partial charge on any atom is -0.360 e. The van der Waals surface area contributed by atoms with Gasteiger partial charge < -0.3 is 9.84 Å². The zero-order chi connectivity index (χ0) is 19.6. The maximum atomic E-state index is 12.9. The molecule has 1 aliphatic rings. The monoisotopic (exact) mass is 412 g/mol. The highest BCUT2D eigenvalue weighted by atomic mass is 32.2. The molecule has 3 heterocycles. The van der Waals surface area contributed by atoms with Crippen LogP contribution in [0.4, 0.5) is 0 Å². The van der Waals surface area contributed by atoms with Crippen LogP contribution in [0.15, 0.2) is 26.9 Å². The molecular formula is C17H24N4O4S2. The lowest BCUT2D eigenvalue weighted by Crippen LogP contribution is -2.54. The molecule has 1 N–H and O–H groups in total. The zero-order valence-corrected chi connectivity index (χ0v) is 17.3. The molecule has 1 saturated heterocycles. The van der Waals surface area contributed by atoms with E-state index in [0.717, 1.165) is 4.88 Å². The van der Waals surface area contributed by atoms with Crippen molar-refractivity contribution >= 4 is 27.3 Å². The normalized spacial score (nSPS) is 17.7. The first-order valence-electron chi connectivity index (χ1n) is 8.78. The highest BCUT2D eigenvalue weighted by Crippen LogP contribution is 2.24. The summed E-state index contributed by atoms with van der Waals surface area (Å²) in [4.78, 5) is 15.6. The number of thiophene rings is 1. The van der Waals surface area contributed by atoms with Crippen LogP contribution in [0.1, 0.15) is 23.3 Å². The second-order valence-electron chi connectivity index (χ2n) is 6.57. The summed E-state index contributed by atoms with van der Waals surface area (Å²) in [6, 6.07) is 3.62. The minimum atomic E-state index is -3.64. The Labute approximate surface area is 163 Å². The van der Waals surface area contributed by atoms with Crippen molar-refractivity contribution in [3.8, 4) is 0 Å². The lowest BCUT2D eigenvalue weighted by molar-refractivity contribution is -0.126. The molecule has 0 spiro atoms. The first kappa shape index (κ1) is 20.0. The molecule has 10 heteroatoms. The van der Waals surface area contributed by atoms with Gasteiger partial charge in [-0.2, -0.15) is 4.31 Å². The van der Waals surface area contributed by atoms with Gasteiger partial charge in [0.2, 0.25) is 15.9 Å². The molecule has 0 radical (unpaired) electrons.